The first-order chi connectivity index (χ1) is 25.5. The molecule has 0 amide bonds. The van der Waals surface area contributed by atoms with Crippen LogP contribution < -0.4 is 19.3 Å². The van der Waals surface area contributed by atoms with Gasteiger partial charge in [-0.3, -0.25) is 0 Å². The predicted molar refractivity (Wildman–Crippen MR) is 219 cm³/mol. The summed E-state index contributed by atoms with van der Waals surface area (Å²) in [5.74, 6) is 3.33. The Labute approximate surface area is 306 Å². The third kappa shape index (κ3) is 6.09. The summed E-state index contributed by atoms with van der Waals surface area (Å²) >= 11 is 0. The van der Waals surface area contributed by atoms with Crippen molar-refractivity contribution < 1.29 is 9.47 Å². The van der Waals surface area contributed by atoms with Crippen LogP contribution in [0.5, 0.6) is 23.0 Å². The first-order valence-electron chi connectivity index (χ1n) is 17.7. The molecule has 0 fully saturated rings. The first kappa shape index (κ1) is 32.7. The number of ether oxygens (including phenoxy) is 2. The van der Waals surface area contributed by atoms with Crippen LogP contribution >= 0.6 is 0 Å². The summed E-state index contributed by atoms with van der Waals surface area (Å²) in [6.07, 6.45) is 18.1. The van der Waals surface area contributed by atoms with Crippen molar-refractivity contribution in [2.24, 2.45) is 0 Å². The third-order valence-corrected chi connectivity index (χ3v) is 9.60. The average Bonchev–Trinajstić information content (AvgIpc) is 3.17. The van der Waals surface area contributed by atoms with Gasteiger partial charge in [-0.1, -0.05) is 84.5 Å². The average molecular weight is 677 g/mol. The molecule has 0 bridgehead atoms. The highest BCUT2D eigenvalue weighted by atomic mass is 16.5. The molecule has 0 saturated heterocycles. The van der Waals surface area contributed by atoms with E-state index in [4.69, 9.17) is 9.47 Å². The third-order valence-electron chi connectivity index (χ3n) is 9.60. The number of allylic oxidation sites excluding steroid dienone is 7. The van der Waals surface area contributed by atoms with Gasteiger partial charge >= 0.3 is 0 Å². The van der Waals surface area contributed by atoms with E-state index in [0.717, 1.165) is 85.3 Å². The van der Waals surface area contributed by atoms with Crippen molar-refractivity contribution >= 4 is 33.5 Å². The molecule has 254 valence electrons. The molecular formula is C48H40N2O2. The van der Waals surface area contributed by atoms with E-state index in [2.05, 4.69) is 164 Å². The van der Waals surface area contributed by atoms with E-state index in [-0.39, 0.29) is 0 Å². The fraction of sp³-hybridized carbons (Fsp3) is 0.0833. The highest BCUT2D eigenvalue weighted by Crippen LogP contribution is 2.56. The van der Waals surface area contributed by atoms with E-state index in [1.54, 1.807) is 6.08 Å². The van der Waals surface area contributed by atoms with E-state index in [0.29, 0.717) is 0 Å². The molecule has 6 aromatic carbocycles. The van der Waals surface area contributed by atoms with Crippen molar-refractivity contribution in [1.29, 1.82) is 0 Å². The largest absolute Gasteiger partial charge is 0.456 e. The van der Waals surface area contributed by atoms with Gasteiger partial charge in [-0.2, -0.15) is 0 Å². The van der Waals surface area contributed by atoms with Crippen LogP contribution in [0.2, 0.25) is 0 Å². The zero-order chi connectivity index (χ0) is 35.6. The van der Waals surface area contributed by atoms with Crippen LogP contribution in [0.25, 0.3) is 33.0 Å². The van der Waals surface area contributed by atoms with Crippen LogP contribution in [0.4, 0.5) is 22.7 Å². The number of hydrogen-bond donors (Lipinski definition) is 0. The van der Waals surface area contributed by atoms with Crippen LogP contribution in [0.1, 0.15) is 18.1 Å². The lowest BCUT2D eigenvalue weighted by atomic mass is 9.88. The Balaban J connectivity index is 1.17. The molecular weight excluding hydrogens is 637 g/mol. The van der Waals surface area contributed by atoms with Gasteiger partial charge in [0.15, 0.2) is 0 Å². The van der Waals surface area contributed by atoms with E-state index < -0.39 is 0 Å². The zero-order valence-corrected chi connectivity index (χ0v) is 29.7. The quantitative estimate of drug-likeness (QED) is 0.135. The molecule has 2 aliphatic heterocycles. The van der Waals surface area contributed by atoms with E-state index in [1.807, 2.05) is 31.2 Å². The van der Waals surface area contributed by atoms with Crippen molar-refractivity contribution in [2.75, 3.05) is 16.3 Å². The van der Waals surface area contributed by atoms with E-state index >= 15 is 0 Å². The minimum absolute atomic E-state index is 0.731. The molecule has 0 atom stereocenters. The Morgan fingerprint density at radius 1 is 0.519 bits per heavy atom. The van der Waals surface area contributed by atoms with Crippen molar-refractivity contribution in [2.45, 2.75) is 20.8 Å². The zero-order valence-electron chi connectivity index (χ0n) is 29.7. The SMILES string of the molecule is C=CC=CC=CN(c1ccc(C)cc1)c1ccc2c(c1)Oc1ccc3c4c(ccc-2c14)Oc1cc(N(CC=CC=CC)c2ccc(C)cc2)ccc1-3. The van der Waals surface area contributed by atoms with Gasteiger partial charge in [-0.15, -0.1) is 0 Å². The molecule has 52 heavy (non-hydrogen) atoms. The standard InChI is InChI=1S/C48H40N2O2/c1-5-7-9-11-29-49(35-17-13-33(3)14-18-35)37-21-23-39-41-25-28-44-48-42(26-27-43(47(41)48)51-45(39)31-37)40-24-22-38(32-46(40)52-44)50(30-12-10-8-6-2)36-19-15-34(4)16-20-36/h5-29,31-32H,1,30H2,2-4H3. The molecule has 2 aliphatic rings. The summed E-state index contributed by atoms with van der Waals surface area (Å²) in [4.78, 5) is 4.48. The van der Waals surface area contributed by atoms with Crippen molar-refractivity contribution in [3.63, 3.8) is 0 Å². The van der Waals surface area contributed by atoms with E-state index in [1.165, 1.54) is 11.1 Å². The van der Waals surface area contributed by atoms with Gasteiger partial charge in [-0.05, 0) is 111 Å². The lowest BCUT2D eigenvalue weighted by Gasteiger charge is -2.29. The molecule has 0 radical (unpaired) electrons. The lowest BCUT2D eigenvalue weighted by molar-refractivity contribution is 0.480. The lowest BCUT2D eigenvalue weighted by Crippen LogP contribution is -2.17. The summed E-state index contributed by atoms with van der Waals surface area (Å²) in [5.41, 5.74) is 11.1. The minimum Gasteiger partial charge on any atom is -0.456 e. The summed E-state index contributed by atoms with van der Waals surface area (Å²) < 4.78 is 13.4. The molecule has 0 aromatic heterocycles. The summed E-state index contributed by atoms with van der Waals surface area (Å²) in [6, 6.07) is 38.8. The van der Waals surface area contributed by atoms with Crippen molar-refractivity contribution in [3.8, 4) is 45.3 Å². The molecule has 4 nitrogen and oxygen atoms in total. The highest BCUT2D eigenvalue weighted by molar-refractivity contribution is 6.14. The Morgan fingerprint density at radius 2 is 1.06 bits per heavy atom. The molecule has 0 unspecified atom stereocenters. The monoisotopic (exact) mass is 676 g/mol. The Bertz CT molecular complexity index is 2430. The second-order valence-electron chi connectivity index (χ2n) is 13.1. The van der Waals surface area contributed by atoms with Gasteiger partial charge in [0.05, 0.1) is 0 Å². The van der Waals surface area contributed by atoms with Crippen molar-refractivity contribution in [1.82, 2.24) is 0 Å². The van der Waals surface area contributed by atoms with Gasteiger partial charge in [-0.25, -0.2) is 0 Å². The Morgan fingerprint density at radius 3 is 1.65 bits per heavy atom. The predicted octanol–water partition coefficient (Wildman–Crippen LogP) is 13.7. The maximum Gasteiger partial charge on any atom is 0.137 e. The molecule has 6 aromatic rings. The van der Waals surface area contributed by atoms with Gasteiger partial charge in [0, 0.05) is 69.5 Å². The Hall–Kier alpha value is -6.52. The normalized spacial score (nSPS) is 12.7. The van der Waals surface area contributed by atoms with E-state index in [9.17, 15) is 0 Å². The fourth-order valence-corrected chi connectivity index (χ4v) is 6.99. The maximum atomic E-state index is 6.73. The summed E-state index contributed by atoms with van der Waals surface area (Å²) in [7, 11) is 0. The molecule has 0 spiro atoms. The van der Waals surface area contributed by atoms with Crippen LogP contribution in [0.3, 0.4) is 0 Å². The number of nitrogens with zero attached hydrogens (tertiary/aromatic N) is 2. The number of fused-ring (bicyclic) bond motifs is 4. The molecule has 8 rings (SSSR count). The van der Waals surface area contributed by atoms with Gasteiger partial charge in [0.1, 0.15) is 23.0 Å². The minimum atomic E-state index is 0.731. The maximum absolute atomic E-state index is 6.73. The molecule has 0 saturated carbocycles. The number of rotatable bonds is 10. The topological polar surface area (TPSA) is 24.9 Å². The van der Waals surface area contributed by atoms with Gasteiger partial charge in [0.2, 0.25) is 0 Å². The molecule has 0 aliphatic carbocycles. The fourth-order valence-electron chi connectivity index (χ4n) is 6.99. The number of aryl methyl sites for hydroxylation is 2. The van der Waals surface area contributed by atoms with Crippen LogP contribution in [0, 0.1) is 13.8 Å². The van der Waals surface area contributed by atoms with Crippen molar-refractivity contribution in [3.05, 3.63) is 182 Å². The number of hydrogen-bond acceptors (Lipinski definition) is 4. The van der Waals surface area contributed by atoms with Gasteiger partial charge in [0.25, 0.3) is 0 Å². The smallest absolute Gasteiger partial charge is 0.137 e. The van der Waals surface area contributed by atoms with Gasteiger partial charge < -0.3 is 19.3 Å². The molecule has 2 heterocycles. The van der Waals surface area contributed by atoms with Crippen LogP contribution in [-0.4, -0.2) is 6.54 Å². The summed E-state index contributed by atoms with van der Waals surface area (Å²) in [5, 5.41) is 2.15. The highest BCUT2D eigenvalue weighted by Gasteiger charge is 2.29. The van der Waals surface area contributed by atoms with Crippen LogP contribution in [-0.2, 0) is 0 Å². The number of benzene rings is 6. The number of anilines is 4. The summed E-state index contributed by atoms with van der Waals surface area (Å²) in [6.45, 7) is 10.8. The Kier molecular flexibility index (Phi) is 8.80. The molecule has 4 heteroatoms. The second kappa shape index (κ2) is 14.0. The van der Waals surface area contributed by atoms with Crippen LogP contribution in [0.15, 0.2) is 171 Å². The first-order valence-corrected chi connectivity index (χ1v) is 17.7. The molecule has 0 N–H and O–H groups in total. The second-order valence-corrected chi connectivity index (χ2v) is 13.1.